The van der Waals surface area contributed by atoms with Gasteiger partial charge in [-0.1, -0.05) is 0 Å². The molecular weight excluding hydrogens is 358 g/mol. The lowest BCUT2D eigenvalue weighted by atomic mass is 10.2. The van der Waals surface area contributed by atoms with Gasteiger partial charge >= 0.3 is 6.61 Å². The Morgan fingerprint density at radius 3 is 2.46 bits per heavy atom. The average Bonchev–Trinajstić information content (AvgIpc) is 3.02. The third-order valence-electron chi connectivity index (χ3n) is 3.26. The molecule has 132 valence electrons. The minimum atomic E-state index is -2.84. The van der Waals surface area contributed by atoms with Crippen molar-refractivity contribution in [2.75, 3.05) is 13.6 Å². The smallest absolute Gasteiger partial charge is 0.387 e. The summed E-state index contributed by atoms with van der Waals surface area (Å²) in [6.45, 7) is -0.316. The number of alkyl halides is 2. The molecule has 0 spiro atoms. The van der Waals surface area contributed by atoms with E-state index in [1.54, 1.807) is 18.2 Å². The van der Waals surface area contributed by atoms with E-state index >= 15 is 0 Å². The molecule has 2 aromatic rings. The van der Waals surface area contributed by atoms with Gasteiger partial charge in [-0.05, 0) is 55.9 Å². The molecule has 1 aromatic heterocycles. The van der Waals surface area contributed by atoms with Gasteiger partial charge in [0.15, 0.2) is 0 Å². The number of hydrogen-bond donors (Lipinski definition) is 2. The van der Waals surface area contributed by atoms with Gasteiger partial charge in [0.2, 0.25) is 0 Å². The molecule has 1 amide bonds. The van der Waals surface area contributed by atoms with Gasteiger partial charge in [0.1, 0.15) is 5.75 Å². The van der Waals surface area contributed by atoms with Crippen LogP contribution in [0.3, 0.4) is 0 Å². The van der Waals surface area contributed by atoms with Crippen molar-refractivity contribution in [3.63, 3.8) is 0 Å². The number of ether oxygens (including phenoxy) is 1. The van der Waals surface area contributed by atoms with Crippen molar-refractivity contribution in [3.05, 3.63) is 41.3 Å². The Kier molecular flexibility index (Phi) is 8.10. The fourth-order valence-corrected chi connectivity index (χ4v) is 2.78. The maximum Gasteiger partial charge on any atom is 0.387 e. The molecule has 0 aliphatic rings. The van der Waals surface area contributed by atoms with E-state index in [1.807, 2.05) is 20.0 Å². The van der Waals surface area contributed by atoms with E-state index in [0.29, 0.717) is 11.4 Å². The summed E-state index contributed by atoms with van der Waals surface area (Å²) >= 11 is 1.35. The maximum atomic E-state index is 12.1. The molecule has 2 rings (SSSR count). The summed E-state index contributed by atoms with van der Waals surface area (Å²) in [5.41, 5.74) is 0.847. The highest BCUT2D eigenvalue weighted by Crippen LogP contribution is 2.29. The molecular formula is C16H19ClF2N2O2S. The first-order chi connectivity index (χ1) is 11.0. The number of carbonyl (C=O) groups excluding carboxylic acids is 1. The molecule has 0 saturated carbocycles. The predicted molar refractivity (Wildman–Crippen MR) is 94.5 cm³/mol. The van der Waals surface area contributed by atoms with E-state index in [9.17, 15) is 13.6 Å². The van der Waals surface area contributed by atoms with Crippen molar-refractivity contribution in [1.82, 2.24) is 10.6 Å². The van der Waals surface area contributed by atoms with E-state index in [4.69, 9.17) is 0 Å². The monoisotopic (exact) mass is 376 g/mol. The molecule has 1 heterocycles. The number of carbonyl (C=O) groups is 1. The average molecular weight is 377 g/mol. The summed E-state index contributed by atoms with van der Waals surface area (Å²) in [7, 11) is 1.83. The van der Waals surface area contributed by atoms with Gasteiger partial charge < -0.3 is 15.4 Å². The zero-order valence-electron chi connectivity index (χ0n) is 13.2. The Morgan fingerprint density at radius 2 is 1.88 bits per heavy atom. The van der Waals surface area contributed by atoms with Gasteiger partial charge in [0.25, 0.3) is 5.91 Å². The van der Waals surface area contributed by atoms with Gasteiger partial charge in [-0.15, -0.1) is 23.7 Å². The second-order valence-corrected chi connectivity index (χ2v) is 6.05. The Bertz CT molecular complexity index is 650. The van der Waals surface area contributed by atoms with Crippen molar-refractivity contribution < 1.29 is 18.3 Å². The Morgan fingerprint density at radius 1 is 1.21 bits per heavy atom. The van der Waals surface area contributed by atoms with Crippen LogP contribution in [0.15, 0.2) is 36.4 Å². The van der Waals surface area contributed by atoms with Crippen LogP contribution in [-0.4, -0.2) is 32.2 Å². The highest BCUT2D eigenvalue weighted by atomic mass is 35.5. The summed E-state index contributed by atoms with van der Waals surface area (Å²) in [5.74, 6) is -0.0136. The lowest BCUT2D eigenvalue weighted by Crippen LogP contribution is -2.36. The Labute approximate surface area is 149 Å². The van der Waals surface area contributed by atoms with Crippen molar-refractivity contribution in [3.8, 4) is 16.2 Å². The summed E-state index contributed by atoms with van der Waals surface area (Å²) in [4.78, 5) is 13.6. The summed E-state index contributed by atoms with van der Waals surface area (Å²) < 4.78 is 28.6. The zero-order chi connectivity index (χ0) is 16.8. The standard InChI is InChI=1S/C16H18F2N2O2S.ClH/c1-10(19-2)9-20-15(21)14-8-7-13(23-14)11-3-5-12(6-4-11)22-16(17)18;/h3-8,10,16,19H,9H2,1-2H3,(H,20,21);1H. The minimum absolute atomic E-state index is 0. The van der Waals surface area contributed by atoms with Crippen molar-refractivity contribution in [1.29, 1.82) is 0 Å². The first-order valence-electron chi connectivity index (χ1n) is 7.10. The van der Waals surface area contributed by atoms with E-state index in [0.717, 1.165) is 10.4 Å². The predicted octanol–water partition coefficient (Wildman–Crippen LogP) is 3.78. The van der Waals surface area contributed by atoms with Gasteiger partial charge in [0.05, 0.1) is 4.88 Å². The quantitative estimate of drug-likeness (QED) is 0.773. The van der Waals surface area contributed by atoms with Crippen LogP contribution in [0.5, 0.6) is 5.75 Å². The molecule has 1 aromatic carbocycles. The van der Waals surface area contributed by atoms with Gasteiger partial charge in [0, 0.05) is 17.5 Å². The van der Waals surface area contributed by atoms with Crippen LogP contribution >= 0.6 is 23.7 Å². The number of likely N-dealkylation sites (N-methyl/N-ethyl adjacent to an activating group) is 1. The molecule has 4 nitrogen and oxygen atoms in total. The van der Waals surface area contributed by atoms with Crippen LogP contribution in [0.4, 0.5) is 8.78 Å². The third-order valence-corrected chi connectivity index (χ3v) is 4.39. The van der Waals surface area contributed by atoms with Crippen molar-refractivity contribution >= 4 is 29.7 Å². The van der Waals surface area contributed by atoms with E-state index in [1.165, 1.54) is 23.5 Å². The maximum absolute atomic E-state index is 12.1. The van der Waals surface area contributed by atoms with Gasteiger partial charge in [-0.2, -0.15) is 8.78 Å². The number of benzene rings is 1. The van der Waals surface area contributed by atoms with Gasteiger partial charge in [-0.25, -0.2) is 0 Å². The van der Waals surface area contributed by atoms with Crippen LogP contribution < -0.4 is 15.4 Å². The van der Waals surface area contributed by atoms with Crippen LogP contribution in [0.1, 0.15) is 16.6 Å². The number of halogens is 3. The zero-order valence-corrected chi connectivity index (χ0v) is 14.8. The first-order valence-corrected chi connectivity index (χ1v) is 7.92. The van der Waals surface area contributed by atoms with E-state index in [-0.39, 0.29) is 30.1 Å². The second kappa shape index (κ2) is 9.56. The molecule has 1 unspecified atom stereocenters. The van der Waals surface area contributed by atoms with Crippen molar-refractivity contribution in [2.24, 2.45) is 0 Å². The lowest BCUT2D eigenvalue weighted by molar-refractivity contribution is -0.0498. The molecule has 0 bridgehead atoms. The largest absolute Gasteiger partial charge is 0.435 e. The van der Waals surface area contributed by atoms with Crippen molar-refractivity contribution in [2.45, 2.75) is 19.6 Å². The van der Waals surface area contributed by atoms with Gasteiger partial charge in [-0.3, -0.25) is 4.79 Å². The Hall–Kier alpha value is -1.70. The fourth-order valence-electron chi connectivity index (χ4n) is 1.85. The van der Waals surface area contributed by atoms with Crippen LogP contribution in [-0.2, 0) is 0 Å². The third kappa shape index (κ3) is 5.74. The SMILES string of the molecule is CNC(C)CNC(=O)c1ccc(-c2ccc(OC(F)F)cc2)s1.Cl. The summed E-state index contributed by atoms with van der Waals surface area (Å²) in [6, 6.07) is 10.1. The normalized spacial score (nSPS) is 11.7. The summed E-state index contributed by atoms with van der Waals surface area (Å²) in [5, 5.41) is 5.90. The van der Waals surface area contributed by atoms with Crippen LogP contribution in [0.2, 0.25) is 0 Å². The number of thiophene rings is 1. The van der Waals surface area contributed by atoms with Crippen LogP contribution in [0, 0.1) is 0 Å². The molecule has 2 N–H and O–H groups in total. The number of rotatable bonds is 7. The fraction of sp³-hybridized carbons (Fsp3) is 0.312. The Balaban J connectivity index is 0.00000288. The molecule has 0 fully saturated rings. The van der Waals surface area contributed by atoms with E-state index in [2.05, 4.69) is 15.4 Å². The number of hydrogen-bond acceptors (Lipinski definition) is 4. The molecule has 1 atom stereocenters. The number of nitrogens with one attached hydrogen (secondary N) is 2. The highest BCUT2D eigenvalue weighted by molar-refractivity contribution is 7.17. The molecule has 0 saturated heterocycles. The molecule has 0 radical (unpaired) electrons. The molecule has 24 heavy (non-hydrogen) atoms. The molecule has 0 aliphatic carbocycles. The topological polar surface area (TPSA) is 50.4 Å². The van der Waals surface area contributed by atoms with E-state index < -0.39 is 6.61 Å². The highest BCUT2D eigenvalue weighted by Gasteiger charge is 2.11. The van der Waals surface area contributed by atoms with Crippen LogP contribution in [0.25, 0.3) is 10.4 Å². The number of amides is 1. The second-order valence-electron chi connectivity index (χ2n) is 4.97. The minimum Gasteiger partial charge on any atom is -0.435 e. The molecule has 0 aliphatic heterocycles. The lowest BCUT2D eigenvalue weighted by Gasteiger charge is -2.10. The molecule has 8 heteroatoms. The first kappa shape index (κ1) is 20.3. The summed E-state index contributed by atoms with van der Waals surface area (Å²) in [6.07, 6.45) is 0.